The zero-order valence-corrected chi connectivity index (χ0v) is 10.2. The summed E-state index contributed by atoms with van der Waals surface area (Å²) in [4.78, 5) is 13.5. The van der Waals surface area contributed by atoms with Crippen molar-refractivity contribution in [2.45, 2.75) is 39.2 Å². The highest BCUT2D eigenvalue weighted by Gasteiger charge is 2.25. The van der Waals surface area contributed by atoms with Crippen molar-refractivity contribution in [1.29, 1.82) is 5.41 Å². The Hall–Kier alpha value is -1.28. The van der Waals surface area contributed by atoms with Gasteiger partial charge in [0, 0.05) is 13.1 Å². The van der Waals surface area contributed by atoms with Gasteiger partial charge < -0.3 is 9.64 Å². The van der Waals surface area contributed by atoms with Crippen molar-refractivity contribution in [2.75, 3.05) is 13.1 Å². The molecule has 1 aliphatic heterocycles. The molecule has 0 aliphatic carbocycles. The standard InChI is InChI=1S/C12H20N2O2/c1-12(2,3)16-11(15)14-8-5-10(4-7-13)6-9-14/h4,10,13H,5-6,8-9H2,1-3H3. The largest absolute Gasteiger partial charge is 0.444 e. The number of nitrogens with one attached hydrogen (secondary N) is 1. The Morgan fingerprint density at radius 2 is 2.00 bits per heavy atom. The fourth-order valence-electron chi connectivity index (χ4n) is 1.69. The molecule has 4 heteroatoms. The maximum Gasteiger partial charge on any atom is 0.410 e. The molecule has 1 N–H and O–H groups in total. The first-order valence-corrected chi connectivity index (χ1v) is 5.66. The second-order valence-electron chi connectivity index (χ2n) is 5.12. The number of likely N-dealkylation sites (tertiary alicyclic amines) is 1. The van der Waals surface area contributed by atoms with Crippen LogP contribution < -0.4 is 0 Å². The number of amides is 1. The molecule has 1 fully saturated rings. The fourth-order valence-corrected chi connectivity index (χ4v) is 1.69. The molecule has 0 aromatic rings. The summed E-state index contributed by atoms with van der Waals surface area (Å²) < 4.78 is 5.30. The van der Waals surface area contributed by atoms with Gasteiger partial charge in [0.1, 0.15) is 5.60 Å². The summed E-state index contributed by atoms with van der Waals surface area (Å²) in [6.45, 7) is 7.02. The van der Waals surface area contributed by atoms with Gasteiger partial charge in [-0.15, -0.1) is 0 Å². The zero-order chi connectivity index (χ0) is 12.2. The summed E-state index contributed by atoms with van der Waals surface area (Å²) in [7, 11) is 0. The van der Waals surface area contributed by atoms with Crippen LogP contribution in [0.25, 0.3) is 0 Å². The predicted molar refractivity (Wildman–Crippen MR) is 62.8 cm³/mol. The lowest BCUT2D eigenvalue weighted by Gasteiger charge is -2.32. The van der Waals surface area contributed by atoms with Gasteiger partial charge in [-0.1, -0.05) is 0 Å². The summed E-state index contributed by atoms with van der Waals surface area (Å²) in [6.07, 6.45) is 3.33. The molecule has 1 amide bonds. The maximum atomic E-state index is 11.7. The lowest BCUT2D eigenvalue weighted by Crippen LogP contribution is -2.41. The van der Waals surface area contributed by atoms with Crippen LogP contribution in [0.5, 0.6) is 0 Å². The molecule has 0 aromatic heterocycles. The SMILES string of the molecule is CC(C)(C)OC(=O)N1CCC(C=C=N)CC1. The minimum Gasteiger partial charge on any atom is -0.444 e. The van der Waals surface area contributed by atoms with Gasteiger partial charge in [0.05, 0.1) is 0 Å². The van der Waals surface area contributed by atoms with Crippen LogP contribution in [0.4, 0.5) is 4.79 Å². The van der Waals surface area contributed by atoms with E-state index < -0.39 is 5.60 Å². The lowest BCUT2D eigenvalue weighted by molar-refractivity contribution is 0.0198. The number of carbonyl (C=O) groups is 1. The smallest absolute Gasteiger partial charge is 0.410 e. The van der Waals surface area contributed by atoms with Gasteiger partial charge in [0.2, 0.25) is 0 Å². The van der Waals surface area contributed by atoms with Crippen molar-refractivity contribution in [3.05, 3.63) is 6.08 Å². The van der Waals surface area contributed by atoms with Gasteiger partial charge in [-0.05, 0) is 51.5 Å². The Balaban J connectivity index is 2.42. The molecule has 0 radical (unpaired) electrons. The molecule has 1 saturated heterocycles. The second kappa shape index (κ2) is 5.17. The monoisotopic (exact) mass is 224 g/mol. The zero-order valence-electron chi connectivity index (χ0n) is 10.2. The number of piperidine rings is 1. The van der Waals surface area contributed by atoms with Crippen LogP contribution in [-0.4, -0.2) is 35.6 Å². The average Bonchev–Trinajstić information content (AvgIpc) is 2.16. The highest BCUT2D eigenvalue weighted by molar-refractivity contribution is 5.68. The molecule has 1 rings (SSSR count). The first-order valence-electron chi connectivity index (χ1n) is 5.66. The highest BCUT2D eigenvalue weighted by Crippen LogP contribution is 2.19. The van der Waals surface area contributed by atoms with Gasteiger partial charge in [0.25, 0.3) is 0 Å². The number of hydrogen-bond acceptors (Lipinski definition) is 3. The molecular formula is C12H20N2O2. The van der Waals surface area contributed by atoms with Crippen molar-refractivity contribution < 1.29 is 9.53 Å². The van der Waals surface area contributed by atoms with Crippen LogP contribution in [0.15, 0.2) is 6.08 Å². The number of carbonyl (C=O) groups excluding carboxylic acids is 1. The summed E-state index contributed by atoms with van der Waals surface area (Å²) in [5, 5.41) is 6.88. The number of nitrogens with zero attached hydrogens (tertiary/aromatic N) is 1. The summed E-state index contributed by atoms with van der Waals surface area (Å²) in [5.74, 6) is 2.70. The molecular weight excluding hydrogens is 204 g/mol. The summed E-state index contributed by atoms with van der Waals surface area (Å²) >= 11 is 0. The molecule has 0 aromatic carbocycles. The van der Waals surface area contributed by atoms with E-state index in [1.165, 1.54) is 0 Å². The summed E-state index contributed by atoms with van der Waals surface area (Å²) in [5.41, 5.74) is -0.428. The van der Waals surface area contributed by atoms with Crippen molar-refractivity contribution >= 4 is 12.0 Å². The van der Waals surface area contributed by atoms with Gasteiger partial charge >= 0.3 is 6.09 Å². The quantitative estimate of drug-likeness (QED) is 0.695. The van der Waals surface area contributed by atoms with E-state index in [9.17, 15) is 4.79 Å². The third-order valence-corrected chi connectivity index (χ3v) is 2.51. The predicted octanol–water partition coefficient (Wildman–Crippen LogP) is 2.44. The van der Waals surface area contributed by atoms with Crippen LogP contribution >= 0.6 is 0 Å². The third kappa shape index (κ3) is 4.07. The van der Waals surface area contributed by atoms with Gasteiger partial charge in [-0.25, -0.2) is 4.79 Å². The molecule has 0 spiro atoms. The van der Waals surface area contributed by atoms with Gasteiger partial charge in [-0.2, -0.15) is 0 Å². The van der Waals surface area contributed by atoms with E-state index in [4.69, 9.17) is 10.1 Å². The van der Waals surface area contributed by atoms with E-state index in [0.29, 0.717) is 19.0 Å². The topological polar surface area (TPSA) is 53.4 Å². The molecule has 0 atom stereocenters. The van der Waals surface area contributed by atoms with Gasteiger partial charge in [-0.3, -0.25) is 5.41 Å². The normalized spacial score (nSPS) is 17.8. The molecule has 0 unspecified atom stereocenters. The molecule has 4 nitrogen and oxygen atoms in total. The Kier molecular flexibility index (Phi) is 4.13. The van der Waals surface area contributed by atoms with Crippen LogP contribution in [-0.2, 0) is 4.74 Å². The third-order valence-electron chi connectivity index (χ3n) is 2.51. The minimum absolute atomic E-state index is 0.232. The van der Waals surface area contributed by atoms with Crippen LogP contribution in [0, 0.1) is 11.3 Å². The van der Waals surface area contributed by atoms with Crippen LogP contribution in [0.3, 0.4) is 0 Å². The van der Waals surface area contributed by atoms with E-state index >= 15 is 0 Å². The molecule has 1 aliphatic rings. The molecule has 0 saturated carbocycles. The Morgan fingerprint density at radius 3 is 2.44 bits per heavy atom. The van der Waals surface area contributed by atoms with Crippen molar-refractivity contribution in [3.63, 3.8) is 0 Å². The molecule has 16 heavy (non-hydrogen) atoms. The van der Waals surface area contributed by atoms with E-state index in [-0.39, 0.29) is 6.09 Å². The highest BCUT2D eigenvalue weighted by atomic mass is 16.6. The van der Waals surface area contributed by atoms with E-state index in [2.05, 4.69) is 5.87 Å². The minimum atomic E-state index is -0.428. The first-order chi connectivity index (χ1) is 7.42. The fraction of sp³-hybridized carbons (Fsp3) is 0.750. The average molecular weight is 224 g/mol. The Labute approximate surface area is 96.8 Å². The maximum absolute atomic E-state index is 11.7. The molecule has 90 valence electrons. The van der Waals surface area contributed by atoms with Crippen molar-refractivity contribution in [1.82, 2.24) is 4.90 Å². The second-order valence-corrected chi connectivity index (χ2v) is 5.12. The summed E-state index contributed by atoms with van der Waals surface area (Å²) in [6, 6.07) is 0. The Morgan fingerprint density at radius 1 is 1.44 bits per heavy atom. The Bertz CT molecular complexity index is 293. The number of ether oxygens (including phenoxy) is 1. The van der Waals surface area contributed by atoms with Crippen LogP contribution in [0.2, 0.25) is 0 Å². The number of hydrogen-bond donors (Lipinski definition) is 1. The lowest BCUT2D eigenvalue weighted by atomic mass is 9.97. The van der Waals surface area contributed by atoms with E-state index in [1.54, 1.807) is 11.0 Å². The van der Waals surface area contributed by atoms with E-state index in [0.717, 1.165) is 12.8 Å². The van der Waals surface area contributed by atoms with Crippen molar-refractivity contribution in [3.8, 4) is 0 Å². The first kappa shape index (κ1) is 12.8. The molecule has 1 heterocycles. The van der Waals surface area contributed by atoms with Gasteiger partial charge in [0.15, 0.2) is 0 Å². The molecule has 0 bridgehead atoms. The van der Waals surface area contributed by atoms with Crippen LogP contribution in [0.1, 0.15) is 33.6 Å². The van der Waals surface area contributed by atoms with Crippen molar-refractivity contribution in [2.24, 2.45) is 5.92 Å². The number of allylic oxidation sites excluding steroid dienone is 1. The van der Waals surface area contributed by atoms with E-state index in [1.807, 2.05) is 20.8 Å². The number of rotatable bonds is 1.